The highest BCUT2D eigenvalue weighted by molar-refractivity contribution is 5.94. The van der Waals surface area contributed by atoms with Crippen LogP contribution in [0.3, 0.4) is 0 Å². The second kappa shape index (κ2) is 7.60. The third-order valence-corrected chi connectivity index (χ3v) is 2.84. The van der Waals surface area contributed by atoms with Crippen molar-refractivity contribution in [3.63, 3.8) is 0 Å². The van der Waals surface area contributed by atoms with E-state index in [2.05, 4.69) is 10.5 Å². The molecule has 2 aromatic carbocycles. The fourth-order valence-electron chi connectivity index (χ4n) is 1.71. The molecule has 0 bridgehead atoms. The van der Waals surface area contributed by atoms with Gasteiger partial charge in [0.25, 0.3) is 11.6 Å². The summed E-state index contributed by atoms with van der Waals surface area (Å²) in [5.41, 5.74) is 2.85. The Morgan fingerprint density at radius 1 is 1.17 bits per heavy atom. The molecule has 0 radical (unpaired) electrons. The quantitative estimate of drug-likeness (QED) is 0.522. The van der Waals surface area contributed by atoms with Gasteiger partial charge in [-0.2, -0.15) is 5.10 Å². The van der Waals surface area contributed by atoms with Gasteiger partial charge in [-0.15, -0.1) is 0 Å². The molecule has 0 unspecified atom stereocenters. The van der Waals surface area contributed by atoms with E-state index in [1.165, 1.54) is 36.5 Å². The van der Waals surface area contributed by atoms with Crippen LogP contribution in [0.5, 0.6) is 0 Å². The summed E-state index contributed by atoms with van der Waals surface area (Å²) in [5, 5.41) is 14.2. The fourth-order valence-corrected chi connectivity index (χ4v) is 1.71. The lowest BCUT2D eigenvalue weighted by Gasteiger charge is -1.99. The number of hydrazone groups is 1. The molecule has 0 aliphatic heterocycles. The summed E-state index contributed by atoms with van der Waals surface area (Å²) >= 11 is 0. The van der Waals surface area contributed by atoms with Crippen LogP contribution in [-0.4, -0.2) is 17.0 Å². The molecule has 0 fully saturated rings. The molecule has 1 N–H and O–H groups in total. The van der Waals surface area contributed by atoms with Crippen LogP contribution in [0, 0.1) is 15.9 Å². The molecular weight excluding hydrogens is 301 g/mol. The highest BCUT2D eigenvalue weighted by atomic mass is 19.1. The van der Waals surface area contributed by atoms with E-state index in [1.54, 1.807) is 30.4 Å². The van der Waals surface area contributed by atoms with Crippen molar-refractivity contribution in [1.82, 2.24) is 5.43 Å². The third kappa shape index (κ3) is 4.57. The van der Waals surface area contributed by atoms with Crippen LogP contribution < -0.4 is 5.43 Å². The maximum absolute atomic E-state index is 13.4. The zero-order valence-corrected chi connectivity index (χ0v) is 11.8. The molecule has 0 aliphatic rings. The summed E-state index contributed by atoms with van der Waals surface area (Å²) in [4.78, 5) is 21.7. The molecule has 0 heterocycles. The van der Waals surface area contributed by atoms with Crippen molar-refractivity contribution < 1.29 is 14.1 Å². The number of rotatable bonds is 5. The summed E-state index contributed by atoms with van der Waals surface area (Å²) < 4.78 is 13.4. The zero-order chi connectivity index (χ0) is 16.7. The first-order chi connectivity index (χ1) is 11.1. The van der Waals surface area contributed by atoms with E-state index in [9.17, 15) is 19.3 Å². The largest absolute Gasteiger partial charge is 0.274 e. The Bertz CT molecular complexity index is 770. The SMILES string of the molecule is O=C(N/N=C\C=C\c1ccc([N+](=O)[O-])cc1)c1ccccc1F. The van der Waals surface area contributed by atoms with Gasteiger partial charge < -0.3 is 0 Å². The van der Waals surface area contributed by atoms with Crippen LogP contribution in [0.2, 0.25) is 0 Å². The number of allylic oxidation sites excluding steroid dienone is 1. The molecule has 0 atom stereocenters. The number of amides is 1. The van der Waals surface area contributed by atoms with Crippen LogP contribution in [0.25, 0.3) is 6.08 Å². The van der Waals surface area contributed by atoms with Crippen molar-refractivity contribution in [3.05, 3.63) is 81.7 Å². The summed E-state index contributed by atoms with van der Waals surface area (Å²) in [6.45, 7) is 0. The van der Waals surface area contributed by atoms with E-state index in [0.29, 0.717) is 0 Å². The van der Waals surface area contributed by atoms with Gasteiger partial charge in [0.1, 0.15) is 5.82 Å². The third-order valence-electron chi connectivity index (χ3n) is 2.84. The molecule has 2 rings (SSSR count). The molecule has 23 heavy (non-hydrogen) atoms. The van der Waals surface area contributed by atoms with Gasteiger partial charge in [-0.3, -0.25) is 14.9 Å². The molecule has 0 aliphatic carbocycles. The molecule has 0 saturated carbocycles. The number of nitrogens with zero attached hydrogens (tertiary/aromatic N) is 2. The molecular formula is C16H12FN3O3. The van der Waals surface area contributed by atoms with E-state index in [0.717, 1.165) is 5.56 Å². The topological polar surface area (TPSA) is 84.6 Å². The predicted molar refractivity (Wildman–Crippen MR) is 84.5 cm³/mol. The fraction of sp³-hybridized carbons (Fsp3) is 0. The minimum absolute atomic E-state index is 0.00738. The zero-order valence-electron chi connectivity index (χ0n) is 11.8. The van der Waals surface area contributed by atoms with Gasteiger partial charge in [-0.05, 0) is 35.9 Å². The molecule has 7 heteroatoms. The lowest BCUT2D eigenvalue weighted by Crippen LogP contribution is -2.18. The number of nitrogens with one attached hydrogen (secondary N) is 1. The Balaban J connectivity index is 1.90. The smallest absolute Gasteiger partial charge is 0.267 e. The van der Waals surface area contributed by atoms with Gasteiger partial charge in [-0.1, -0.05) is 18.2 Å². The van der Waals surface area contributed by atoms with E-state index in [-0.39, 0.29) is 11.3 Å². The van der Waals surface area contributed by atoms with Crippen LogP contribution in [0.1, 0.15) is 15.9 Å². The van der Waals surface area contributed by atoms with Crippen LogP contribution in [-0.2, 0) is 0 Å². The number of non-ortho nitro benzene ring substituents is 1. The van der Waals surface area contributed by atoms with Crippen LogP contribution in [0.15, 0.2) is 59.7 Å². The second-order valence-corrected chi connectivity index (χ2v) is 4.41. The molecule has 0 aromatic heterocycles. The Labute approximate surface area is 131 Å². The summed E-state index contributed by atoms with van der Waals surface area (Å²) in [5.74, 6) is -1.27. The van der Waals surface area contributed by atoms with Gasteiger partial charge in [0, 0.05) is 18.3 Å². The van der Waals surface area contributed by atoms with Crippen LogP contribution >= 0.6 is 0 Å². The van der Waals surface area contributed by atoms with Crippen LogP contribution in [0.4, 0.5) is 10.1 Å². The maximum atomic E-state index is 13.4. The van der Waals surface area contributed by atoms with E-state index >= 15 is 0 Å². The van der Waals surface area contributed by atoms with Crippen molar-refractivity contribution >= 4 is 23.9 Å². The average Bonchev–Trinajstić information content (AvgIpc) is 2.55. The molecule has 2 aromatic rings. The number of carbonyl (C=O) groups is 1. The van der Waals surface area contributed by atoms with Gasteiger partial charge in [0.2, 0.25) is 0 Å². The maximum Gasteiger partial charge on any atom is 0.274 e. The molecule has 1 amide bonds. The minimum atomic E-state index is -0.650. The first-order valence-corrected chi connectivity index (χ1v) is 6.57. The highest BCUT2D eigenvalue weighted by Gasteiger charge is 2.08. The van der Waals surface area contributed by atoms with E-state index < -0.39 is 16.6 Å². The van der Waals surface area contributed by atoms with E-state index in [1.807, 2.05) is 0 Å². The Kier molecular flexibility index (Phi) is 5.30. The van der Waals surface area contributed by atoms with E-state index in [4.69, 9.17) is 0 Å². The Morgan fingerprint density at radius 3 is 2.52 bits per heavy atom. The first-order valence-electron chi connectivity index (χ1n) is 6.57. The van der Waals surface area contributed by atoms with Crippen molar-refractivity contribution in [1.29, 1.82) is 0 Å². The number of hydrogen-bond donors (Lipinski definition) is 1. The first kappa shape index (κ1) is 16.0. The molecule has 0 saturated heterocycles. The lowest BCUT2D eigenvalue weighted by atomic mass is 10.2. The Morgan fingerprint density at radius 2 is 1.87 bits per heavy atom. The predicted octanol–water partition coefficient (Wildman–Crippen LogP) is 3.16. The number of carbonyl (C=O) groups excluding carboxylic acids is 1. The van der Waals surface area contributed by atoms with Crippen molar-refractivity contribution in [3.8, 4) is 0 Å². The second-order valence-electron chi connectivity index (χ2n) is 4.41. The number of halogens is 1. The number of benzene rings is 2. The van der Waals surface area contributed by atoms with Gasteiger partial charge >= 0.3 is 0 Å². The standard InChI is InChI=1S/C16H12FN3O3/c17-15-6-2-1-5-14(15)16(21)19-18-11-3-4-12-7-9-13(10-8-12)20(22)23/h1-11H,(H,19,21)/b4-3+,18-11-. The molecule has 0 spiro atoms. The highest BCUT2D eigenvalue weighted by Crippen LogP contribution is 2.12. The lowest BCUT2D eigenvalue weighted by molar-refractivity contribution is -0.384. The normalized spacial score (nSPS) is 11.0. The number of hydrogen-bond acceptors (Lipinski definition) is 4. The average molecular weight is 313 g/mol. The minimum Gasteiger partial charge on any atom is -0.267 e. The monoisotopic (exact) mass is 313 g/mol. The van der Waals surface area contributed by atoms with Gasteiger partial charge in [0.15, 0.2) is 0 Å². The number of nitro groups is 1. The Hall–Kier alpha value is -3.35. The van der Waals surface area contributed by atoms with Gasteiger partial charge in [0.05, 0.1) is 10.5 Å². The van der Waals surface area contributed by atoms with Crippen molar-refractivity contribution in [2.45, 2.75) is 0 Å². The number of nitro benzene ring substituents is 1. The van der Waals surface area contributed by atoms with Crippen molar-refractivity contribution in [2.24, 2.45) is 5.10 Å². The van der Waals surface area contributed by atoms with Gasteiger partial charge in [-0.25, -0.2) is 9.82 Å². The summed E-state index contributed by atoms with van der Waals surface area (Å²) in [6, 6.07) is 11.5. The molecule has 6 nitrogen and oxygen atoms in total. The summed E-state index contributed by atoms with van der Waals surface area (Å²) in [7, 11) is 0. The molecule has 116 valence electrons. The summed E-state index contributed by atoms with van der Waals surface area (Å²) in [6.07, 6.45) is 4.52. The van der Waals surface area contributed by atoms with Crippen molar-refractivity contribution in [2.75, 3.05) is 0 Å².